The fourth-order valence-electron chi connectivity index (χ4n) is 2.34. The number of hydroxylamine groups is 1. The quantitative estimate of drug-likeness (QED) is 0.487. The molecule has 0 amide bonds. The number of hydrogen-bond acceptors (Lipinski definition) is 7. The molecule has 0 fully saturated rings. The fourth-order valence-corrected chi connectivity index (χ4v) is 2.49. The van der Waals surface area contributed by atoms with Crippen LogP contribution in [-0.4, -0.2) is 36.7 Å². The zero-order valence-corrected chi connectivity index (χ0v) is 14.6. The topological polar surface area (TPSA) is 81.7 Å². The summed E-state index contributed by atoms with van der Waals surface area (Å²) in [6.07, 6.45) is 0. The Kier molecular flexibility index (Phi) is 5.05. The van der Waals surface area contributed by atoms with Crippen molar-refractivity contribution < 1.29 is 14.5 Å². The highest BCUT2D eigenvalue weighted by Gasteiger charge is 2.31. The summed E-state index contributed by atoms with van der Waals surface area (Å²) in [6.45, 7) is 5.80. The van der Waals surface area contributed by atoms with Crippen molar-refractivity contribution in [2.75, 3.05) is 19.3 Å². The third-order valence-electron chi connectivity index (χ3n) is 3.57. The molecule has 2 heterocycles. The Labute approximate surface area is 140 Å². The molecule has 1 aromatic carbocycles. The predicted molar refractivity (Wildman–Crippen MR) is 94.2 cm³/mol. The van der Waals surface area contributed by atoms with Crippen LogP contribution in [0.3, 0.4) is 0 Å². The summed E-state index contributed by atoms with van der Waals surface area (Å²) in [4.78, 5) is 15.8. The molecule has 0 aromatic heterocycles. The maximum atomic E-state index is 6.01. The molecule has 0 aliphatic carbocycles. The number of oxime groups is 2. The van der Waals surface area contributed by atoms with E-state index in [1.165, 1.54) is 14.2 Å². The maximum absolute atomic E-state index is 6.01. The van der Waals surface area contributed by atoms with E-state index in [1.807, 2.05) is 32.9 Å². The molecule has 2 aliphatic rings. The normalized spacial score (nSPS) is 15.3. The molecule has 0 radical (unpaired) electrons. The number of thiocarbonyl (C=S) groups is 1. The number of hydrogen-bond donors (Lipinski definition) is 1. The maximum Gasteiger partial charge on any atom is 0.168 e. The van der Waals surface area contributed by atoms with E-state index in [0.29, 0.717) is 17.0 Å². The molecule has 1 atom stereocenters. The Hall–Kier alpha value is -2.35. The number of nitrogens with zero attached hydrogens (tertiary/aromatic N) is 3. The molecule has 0 saturated heterocycles. The highest BCUT2D eigenvalue weighted by Crippen LogP contribution is 2.38. The first-order chi connectivity index (χ1) is 10.9. The second-order valence-corrected chi connectivity index (χ2v) is 5.57. The summed E-state index contributed by atoms with van der Waals surface area (Å²) in [7, 11) is 2.96. The molecule has 7 nitrogen and oxygen atoms in total. The van der Waals surface area contributed by atoms with Crippen LogP contribution < -0.4 is 15.6 Å². The van der Waals surface area contributed by atoms with E-state index in [9.17, 15) is 0 Å². The smallest absolute Gasteiger partial charge is 0.168 e. The van der Waals surface area contributed by atoms with Gasteiger partial charge >= 0.3 is 0 Å². The van der Waals surface area contributed by atoms with Crippen LogP contribution in [0.4, 0.5) is 5.69 Å². The van der Waals surface area contributed by atoms with Gasteiger partial charge in [0, 0.05) is 0 Å². The highest BCUT2D eigenvalue weighted by atomic mass is 32.1. The predicted octanol–water partition coefficient (Wildman–Crippen LogP) is 2.16. The minimum absolute atomic E-state index is 0.102. The number of fused-ring (bicyclic) bond motifs is 3. The van der Waals surface area contributed by atoms with Crippen molar-refractivity contribution in [3.8, 4) is 5.75 Å². The number of nitrogens with two attached hydrogens (primary N) is 1. The van der Waals surface area contributed by atoms with Gasteiger partial charge in [0.2, 0.25) is 0 Å². The van der Waals surface area contributed by atoms with E-state index in [1.54, 1.807) is 5.06 Å². The Balaban J connectivity index is 2.46. The van der Waals surface area contributed by atoms with Gasteiger partial charge in [0.05, 0.1) is 17.0 Å². The summed E-state index contributed by atoms with van der Waals surface area (Å²) in [5, 5.41) is 9.63. The van der Waals surface area contributed by atoms with Crippen molar-refractivity contribution in [3.63, 3.8) is 0 Å². The molecule has 1 aromatic rings. The van der Waals surface area contributed by atoms with E-state index in [4.69, 9.17) is 32.5 Å². The van der Waals surface area contributed by atoms with Crippen molar-refractivity contribution >= 4 is 34.3 Å². The summed E-state index contributed by atoms with van der Waals surface area (Å²) < 4.78 is 0. The highest BCUT2D eigenvalue weighted by molar-refractivity contribution is 7.82. The molecule has 1 unspecified atom stereocenters. The standard InChI is InChI=1S/C15H20N4O3S/c1-8-6-11-7-12(13(15(16)23)18-21-5)14(8)22-19(11)10(3)9(2)17-20-4/h6-7,10H,1-5H3,(H2,16,23). The lowest BCUT2D eigenvalue weighted by molar-refractivity contribution is 0.207. The Bertz CT molecular complexity index is 688. The first-order valence-corrected chi connectivity index (χ1v) is 7.42. The molecule has 2 N–H and O–H groups in total. The number of rotatable bonds is 6. The van der Waals surface area contributed by atoms with Crippen LogP contribution in [-0.2, 0) is 9.68 Å². The van der Waals surface area contributed by atoms with Gasteiger partial charge in [-0.1, -0.05) is 22.5 Å². The average Bonchev–Trinajstić information content (AvgIpc) is 2.51. The molecule has 124 valence electrons. The minimum Gasteiger partial charge on any atom is -0.399 e. The van der Waals surface area contributed by atoms with Crippen LogP contribution >= 0.6 is 12.2 Å². The number of aryl methyl sites for hydroxylation is 1. The second-order valence-electron chi connectivity index (χ2n) is 5.13. The van der Waals surface area contributed by atoms with Crippen molar-refractivity contribution in [2.45, 2.75) is 26.8 Å². The SMILES string of the molecule is CON=C(C(N)=S)c1cc2cc(C)c1ON2C(C)C(C)=NOC. The molecule has 2 bridgehead atoms. The molecule has 2 aliphatic heterocycles. The molecule has 23 heavy (non-hydrogen) atoms. The lowest BCUT2D eigenvalue weighted by atomic mass is 10.0. The van der Waals surface area contributed by atoms with Crippen molar-refractivity contribution in [1.29, 1.82) is 0 Å². The van der Waals surface area contributed by atoms with Crippen molar-refractivity contribution in [3.05, 3.63) is 23.3 Å². The monoisotopic (exact) mass is 336 g/mol. The minimum atomic E-state index is -0.102. The summed E-state index contributed by atoms with van der Waals surface area (Å²) in [5.74, 6) is 0.640. The second kappa shape index (κ2) is 6.82. The van der Waals surface area contributed by atoms with Gasteiger partial charge in [0.1, 0.15) is 31.0 Å². The molecule has 0 saturated carbocycles. The van der Waals surface area contributed by atoms with Gasteiger partial charge in [-0.3, -0.25) is 0 Å². The van der Waals surface area contributed by atoms with Crippen molar-refractivity contribution in [2.24, 2.45) is 16.0 Å². The van der Waals surface area contributed by atoms with Crippen LogP contribution in [0.25, 0.3) is 0 Å². The van der Waals surface area contributed by atoms with E-state index in [2.05, 4.69) is 10.3 Å². The van der Waals surface area contributed by atoms with Gasteiger partial charge in [0.25, 0.3) is 0 Å². The first kappa shape index (κ1) is 17.0. The van der Waals surface area contributed by atoms with Crippen LogP contribution in [0, 0.1) is 6.92 Å². The van der Waals surface area contributed by atoms with Gasteiger partial charge in [-0.05, 0) is 38.5 Å². The van der Waals surface area contributed by atoms with E-state index in [-0.39, 0.29) is 11.0 Å². The van der Waals surface area contributed by atoms with Gasteiger partial charge in [0.15, 0.2) is 5.75 Å². The van der Waals surface area contributed by atoms with Crippen LogP contribution in [0.2, 0.25) is 0 Å². The first-order valence-electron chi connectivity index (χ1n) is 7.01. The van der Waals surface area contributed by atoms with Gasteiger partial charge in [-0.15, -0.1) is 0 Å². The molecular weight excluding hydrogens is 316 g/mol. The van der Waals surface area contributed by atoms with Crippen LogP contribution in [0.5, 0.6) is 5.75 Å². The Morgan fingerprint density at radius 1 is 1.30 bits per heavy atom. The van der Waals surface area contributed by atoms with Gasteiger partial charge < -0.3 is 20.2 Å². The molecule has 0 spiro atoms. The fraction of sp³-hybridized carbons (Fsp3) is 0.400. The van der Waals surface area contributed by atoms with Crippen LogP contribution in [0.15, 0.2) is 22.4 Å². The Morgan fingerprint density at radius 2 is 1.96 bits per heavy atom. The lowest BCUT2D eigenvalue weighted by Gasteiger charge is -2.36. The van der Waals surface area contributed by atoms with E-state index >= 15 is 0 Å². The van der Waals surface area contributed by atoms with E-state index in [0.717, 1.165) is 17.0 Å². The molecular formula is C15H20N4O3S. The molecule has 8 heteroatoms. The Morgan fingerprint density at radius 3 is 2.48 bits per heavy atom. The van der Waals surface area contributed by atoms with Crippen LogP contribution in [0.1, 0.15) is 25.0 Å². The van der Waals surface area contributed by atoms with Gasteiger partial charge in [-0.2, -0.15) is 0 Å². The third kappa shape index (κ3) is 3.21. The number of anilines is 1. The largest absolute Gasteiger partial charge is 0.399 e. The zero-order chi connectivity index (χ0) is 17.1. The van der Waals surface area contributed by atoms with E-state index < -0.39 is 0 Å². The van der Waals surface area contributed by atoms with Crippen molar-refractivity contribution in [1.82, 2.24) is 0 Å². The lowest BCUT2D eigenvalue weighted by Crippen LogP contribution is -2.44. The summed E-state index contributed by atoms with van der Waals surface area (Å²) >= 11 is 5.05. The summed E-state index contributed by atoms with van der Waals surface area (Å²) in [6, 6.07) is 3.83. The summed E-state index contributed by atoms with van der Waals surface area (Å²) in [5.41, 5.74) is 9.44. The third-order valence-corrected chi connectivity index (χ3v) is 3.76. The van der Waals surface area contributed by atoms with Gasteiger partial charge in [-0.25, -0.2) is 5.06 Å². The molecule has 3 rings (SSSR count). The number of benzene rings is 1. The zero-order valence-electron chi connectivity index (χ0n) is 13.8. The average molecular weight is 336 g/mol.